The second-order valence-corrected chi connectivity index (χ2v) is 27.4. The molecule has 6 fully saturated rings. The van der Waals surface area contributed by atoms with E-state index in [-0.39, 0.29) is 66.4 Å². The number of ketones is 1. The molecule has 15 heteroatoms. The molecule has 5 saturated carbocycles. The van der Waals surface area contributed by atoms with Gasteiger partial charge >= 0.3 is 0 Å². The molecule has 15 atom stereocenters. The molecule has 1 aliphatic heterocycles. The van der Waals surface area contributed by atoms with E-state index < -0.39 is 58.7 Å². The maximum Gasteiger partial charge on any atom is 0.190 e. The van der Waals surface area contributed by atoms with Gasteiger partial charge in [-0.25, -0.2) is 4.98 Å². The highest BCUT2D eigenvalue weighted by Gasteiger charge is 2.75. The molecule has 2 bridgehead atoms. The SMILES string of the molecule is CNC[C@H]1[C@@H](O)[C@@H](O)C[C@]2(CCCC(C)C)[C@@H]3C(=CC(=O)[C@H]12)[C@]1(O)[C@H]2CSSC[C@@H](n4ccnc4)CC(C)(C)/C(=C4\CCCC5(CCCC5)C4)C[C@@H](O)[C@@H](C)[C@@H](C2)[C@@]1(CO)C[C@@H]3CN=C(N)N[C@@H](C)O. The number of fused-ring (bicyclic) bond motifs is 9. The van der Waals surface area contributed by atoms with Crippen LogP contribution < -0.4 is 16.4 Å². The van der Waals surface area contributed by atoms with Crippen LogP contribution in [0.15, 0.2) is 46.5 Å². The number of carbonyl (C=O) groups is 1. The first-order valence-corrected chi connectivity index (χ1v) is 29.7. The quantitative estimate of drug-likeness (QED) is 0.0354. The van der Waals surface area contributed by atoms with Gasteiger partial charge in [-0.3, -0.25) is 9.79 Å². The predicted molar refractivity (Wildman–Crippen MR) is 281 cm³/mol. The maximum atomic E-state index is 15.4. The Hall–Kier alpha value is -1.95. The smallest absolute Gasteiger partial charge is 0.190 e. The van der Waals surface area contributed by atoms with Crippen molar-refractivity contribution in [3.8, 4) is 0 Å². The molecule has 2 heterocycles. The van der Waals surface area contributed by atoms with Crippen molar-refractivity contribution in [3.63, 3.8) is 0 Å². The van der Waals surface area contributed by atoms with E-state index in [1.165, 1.54) is 49.7 Å². The van der Waals surface area contributed by atoms with Crippen LogP contribution in [-0.2, 0) is 4.79 Å². The van der Waals surface area contributed by atoms with Gasteiger partial charge in [0.1, 0.15) is 6.23 Å². The highest BCUT2D eigenvalue weighted by atomic mass is 33.1. The van der Waals surface area contributed by atoms with Crippen LogP contribution in [0.2, 0.25) is 0 Å². The van der Waals surface area contributed by atoms with Crippen molar-refractivity contribution in [1.82, 2.24) is 20.2 Å². The number of hydrogen-bond acceptors (Lipinski definition) is 12. The average molecular weight is 1010 g/mol. The summed E-state index contributed by atoms with van der Waals surface area (Å²) >= 11 is 0. The Balaban J connectivity index is 1.29. The Kier molecular flexibility index (Phi) is 16.9. The van der Waals surface area contributed by atoms with Gasteiger partial charge in [0.2, 0.25) is 0 Å². The summed E-state index contributed by atoms with van der Waals surface area (Å²) in [5.74, 6) is -1.31. The van der Waals surface area contributed by atoms with E-state index in [0.29, 0.717) is 54.9 Å². The average Bonchev–Trinajstić information content (AvgIpc) is 4.06. The number of aliphatic imine (C=N–C) groups is 1. The summed E-state index contributed by atoms with van der Waals surface area (Å²) in [5, 5.41) is 80.1. The van der Waals surface area contributed by atoms with E-state index in [9.17, 15) is 30.6 Å². The molecule has 0 radical (unpaired) electrons. The number of hydrogen-bond donors (Lipinski definition) is 9. The zero-order chi connectivity index (χ0) is 50.4. The van der Waals surface area contributed by atoms with Gasteiger partial charge in [0, 0.05) is 66.2 Å². The van der Waals surface area contributed by atoms with Gasteiger partial charge in [-0.15, -0.1) is 0 Å². The second kappa shape index (κ2) is 21.7. The molecule has 394 valence electrons. The summed E-state index contributed by atoms with van der Waals surface area (Å²) in [7, 11) is 5.39. The van der Waals surface area contributed by atoms with Gasteiger partial charge in [0.05, 0.1) is 36.8 Å². The number of nitrogens with two attached hydrogens (primary N) is 1. The first-order chi connectivity index (χ1) is 33.3. The number of nitrogens with zero attached hydrogens (tertiary/aromatic N) is 3. The van der Waals surface area contributed by atoms with Crippen molar-refractivity contribution in [1.29, 1.82) is 0 Å². The first kappa shape index (κ1) is 54.3. The van der Waals surface area contributed by atoms with Crippen LogP contribution in [-0.4, -0.2) is 120 Å². The maximum absolute atomic E-state index is 15.4. The number of imidazole rings is 1. The Bertz CT molecular complexity index is 2060. The number of carbonyl (C=O) groups excluding carboxylic acids is 1. The number of rotatable bonds is 11. The minimum atomic E-state index is -1.64. The molecule has 10 N–H and O–H groups in total. The van der Waals surface area contributed by atoms with E-state index in [2.05, 4.69) is 61.0 Å². The van der Waals surface area contributed by atoms with Crippen molar-refractivity contribution >= 4 is 33.3 Å². The van der Waals surface area contributed by atoms with E-state index in [4.69, 9.17) is 10.7 Å². The lowest BCUT2D eigenvalue weighted by Gasteiger charge is -2.65. The molecule has 1 aromatic rings. The third-order valence-corrected chi connectivity index (χ3v) is 22.3. The van der Waals surface area contributed by atoms with E-state index in [1.807, 2.05) is 30.4 Å². The van der Waals surface area contributed by atoms with Crippen molar-refractivity contribution in [3.05, 3.63) is 41.5 Å². The summed E-state index contributed by atoms with van der Waals surface area (Å²) in [4.78, 5) is 24.8. The molecule has 1 saturated heterocycles. The van der Waals surface area contributed by atoms with Gasteiger partial charge in [-0.2, -0.15) is 0 Å². The molecular formula is C55H90N6O7S2. The number of allylic oxidation sites excluding steroid dienone is 2. The van der Waals surface area contributed by atoms with E-state index in [0.717, 1.165) is 37.9 Å². The van der Waals surface area contributed by atoms with Crippen molar-refractivity contribution < 1.29 is 35.4 Å². The Morgan fingerprint density at radius 1 is 1.03 bits per heavy atom. The van der Waals surface area contributed by atoms with Crippen LogP contribution >= 0.6 is 21.6 Å². The zero-order valence-corrected chi connectivity index (χ0v) is 45.1. The highest BCUT2D eigenvalue weighted by molar-refractivity contribution is 8.76. The van der Waals surface area contributed by atoms with Gasteiger partial charge < -0.3 is 51.6 Å². The number of guanidine groups is 1. The summed E-state index contributed by atoms with van der Waals surface area (Å²) in [5.41, 5.74) is 6.46. The van der Waals surface area contributed by atoms with E-state index >= 15 is 4.79 Å². The van der Waals surface area contributed by atoms with Crippen LogP contribution in [0.25, 0.3) is 0 Å². The van der Waals surface area contributed by atoms with Crippen LogP contribution in [0.4, 0.5) is 0 Å². The number of aliphatic hydroxyl groups excluding tert-OH is 5. The lowest BCUT2D eigenvalue weighted by Crippen LogP contribution is -2.69. The zero-order valence-electron chi connectivity index (χ0n) is 43.5. The van der Waals surface area contributed by atoms with Crippen molar-refractivity contribution in [2.45, 2.75) is 180 Å². The van der Waals surface area contributed by atoms with Crippen molar-refractivity contribution in [2.75, 3.05) is 38.2 Å². The van der Waals surface area contributed by atoms with Gasteiger partial charge in [-0.1, -0.05) is 93.0 Å². The third kappa shape index (κ3) is 10.0. The number of aliphatic hydroxyl groups is 6. The Labute approximate surface area is 427 Å². The molecule has 13 nitrogen and oxygen atoms in total. The van der Waals surface area contributed by atoms with Gasteiger partial charge in [-0.05, 0) is 149 Å². The second-order valence-electron chi connectivity index (χ2n) is 24.9. The number of nitrogens with one attached hydrogen (secondary N) is 2. The largest absolute Gasteiger partial charge is 0.396 e. The summed E-state index contributed by atoms with van der Waals surface area (Å²) in [6.07, 6.45) is 18.2. The van der Waals surface area contributed by atoms with Gasteiger partial charge in [0.15, 0.2) is 11.7 Å². The van der Waals surface area contributed by atoms with Crippen LogP contribution in [0.3, 0.4) is 0 Å². The van der Waals surface area contributed by atoms with Crippen LogP contribution in [0.5, 0.6) is 0 Å². The molecule has 1 spiro atoms. The Morgan fingerprint density at radius 3 is 2.43 bits per heavy atom. The van der Waals surface area contributed by atoms with Crippen molar-refractivity contribution in [2.24, 2.45) is 79.7 Å². The lowest BCUT2D eigenvalue weighted by molar-refractivity contribution is -0.197. The topological polar surface area (TPSA) is 219 Å². The molecule has 70 heavy (non-hydrogen) atoms. The normalized spacial score (nSPS) is 41.6. The fraction of sp³-hybridized carbons (Fsp3) is 0.836. The fourth-order valence-electron chi connectivity index (χ4n) is 16.8. The van der Waals surface area contributed by atoms with Crippen LogP contribution in [0.1, 0.15) is 150 Å². The minimum absolute atomic E-state index is 0.0757. The fourth-order valence-corrected chi connectivity index (χ4v) is 19.6. The lowest BCUT2D eigenvalue weighted by atomic mass is 9.40. The first-order valence-electron chi connectivity index (χ1n) is 27.2. The molecule has 0 aromatic carbocycles. The molecule has 1 aromatic heterocycles. The minimum Gasteiger partial charge on any atom is -0.396 e. The summed E-state index contributed by atoms with van der Waals surface area (Å²) in [6.45, 7) is 13.1. The number of aromatic nitrogens is 2. The predicted octanol–water partition coefficient (Wildman–Crippen LogP) is 7.18. The molecule has 0 unspecified atom stereocenters. The third-order valence-electron chi connectivity index (χ3n) is 19.8. The summed E-state index contributed by atoms with van der Waals surface area (Å²) in [6, 6.07) is 0.138. The molecule has 7 aliphatic rings. The standard InChI is InChI=1S/C55H90N6O7S2/c1-33(2)12-10-17-53-26-46(66)49(67)40(28-57-7)48(53)45(65)22-43-47(53)37(27-59-50(56)60-35(4)63)24-54(31-62)41-20-38(55(43,54)68)29-69-70-30-39(61-19-18-58-32-61)25-51(5,6)42(21-44(64)34(41)3)36-13-11-16-52(23-36)14-8-9-15-52/h18-19,22,32-35,37-41,44,46-49,57,62-64,66-68H,8-17,20-21,23-31H2,1-7H3,(H3,56,59,60)/b42-36+/t34-,35+,37+,38+,39-,40+,41+,44+,46-,47-,48-,49+,53+,54-,55+/m0/s1. The molecule has 6 aliphatic carbocycles. The van der Waals surface area contributed by atoms with Gasteiger partial charge in [0.25, 0.3) is 0 Å². The molecule has 0 amide bonds. The highest BCUT2D eigenvalue weighted by Crippen LogP contribution is 2.73. The van der Waals surface area contributed by atoms with Crippen LogP contribution in [0, 0.1) is 69.0 Å². The van der Waals surface area contributed by atoms with E-state index in [1.54, 1.807) is 23.8 Å². The summed E-state index contributed by atoms with van der Waals surface area (Å²) < 4.78 is 2.25. The molecular weight excluding hydrogens is 921 g/mol. The monoisotopic (exact) mass is 1010 g/mol. The Morgan fingerprint density at radius 2 is 1.76 bits per heavy atom. The molecule has 8 rings (SSSR count).